The lowest BCUT2D eigenvalue weighted by Crippen LogP contribution is -2.65. The predicted molar refractivity (Wildman–Crippen MR) is 99.3 cm³/mol. The van der Waals surface area contributed by atoms with Gasteiger partial charge in [0.1, 0.15) is 0 Å². The lowest BCUT2D eigenvalue weighted by atomic mass is 9.50. The molecule has 6 heteroatoms. The van der Waals surface area contributed by atoms with Crippen molar-refractivity contribution in [3.05, 3.63) is 11.1 Å². The first kappa shape index (κ1) is 18.3. The fourth-order valence-electron chi connectivity index (χ4n) is 7.95. The first-order chi connectivity index (χ1) is 13.4. The summed E-state index contributed by atoms with van der Waals surface area (Å²) in [5.41, 5.74) is 1.40. The summed E-state index contributed by atoms with van der Waals surface area (Å²) >= 11 is 0. The van der Waals surface area contributed by atoms with Gasteiger partial charge in [0.15, 0.2) is 11.6 Å². The van der Waals surface area contributed by atoms with E-state index in [1.165, 1.54) is 11.1 Å². The molecule has 0 amide bonds. The summed E-state index contributed by atoms with van der Waals surface area (Å²) in [7, 11) is 0. The van der Waals surface area contributed by atoms with E-state index in [1.54, 1.807) is 0 Å². The standard InChI is InChI=1S/C22H32O6/c1-19-13-16(23)18-15-3-5-20(25-8-9-26-20)12-14(15)2-6-21(18,24)17(19)4-7-22(19)27-10-11-28-22/h16-18,23-24H,2-13H2,1H3/t16-,17?,18+,19?,21+/m1/s1. The van der Waals surface area contributed by atoms with Crippen molar-refractivity contribution in [1.29, 1.82) is 0 Å². The van der Waals surface area contributed by atoms with Crippen molar-refractivity contribution in [2.45, 2.75) is 81.6 Å². The van der Waals surface area contributed by atoms with Gasteiger partial charge in [-0.05, 0) is 38.0 Å². The molecule has 0 radical (unpaired) electrons. The summed E-state index contributed by atoms with van der Waals surface area (Å²) < 4.78 is 24.2. The Morgan fingerprint density at radius 3 is 2.39 bits per heavy atom. The van der Waals surface area contributed by atoms with E-state index in [0.29, 0.717) is 39.3 Å². The number of hydrogen-bond acceptors (Lipinski definition) is 6. The lowest BCUT2D eigenvalue weighted by molar-refractivity contribution is -0.274. The van der Waals surface area contributed by atoms with E-state index in [1.807, 2.05) is 0 Å². The van der Waals surface area contributed by atoms with Crippen LogP contribution in [0.25, 0.3) is 0 Å². The maximum absolute atomic E-state index is 12.1. The molecular weight excluding hydrogens is 360 g/mol. The van der Waals surface area contributed by atoms with Crippen LogP contribution in [-0.2, 0) is 18.9 Å². The second-order valence-electron chi connectivity index (χ2n) is 10.1. The van der Waals surface area contributed by atoms with Crippen LogP contribution in [0.4, 0.5) is 0 Å². The summed E-state index contributed by atoms with van der Waals surface area (Å²) in [5, 5.41) is 23.4. The van der Waals surface area contributed by atoms with Gasteiger partial charge in [-0.1, -0.05) is 18.1 Å². The third-order valence-corrected chi connectivity index (χ3v) is 9.04. The Morgan fingerprint density at radius 1 is 0.929 bits per heavy atom. The number of aliphatic hydroxyl groups excluding tert-OH is 1. The van der Waals surface area contributed by atoms with Crippen LogP contribution in [0.3, 0.4) is 0 Å². The minimum atomic E-state index is -0.883. The van der Waals surface area contributed by atoms with Gasteiger partial charge in [-0.2, -0.15) is 0 Å². The second-order valence-corrected chi connectivity index (χ2v) is 10.1. The van der Waals surface area contributed by atoms with Crippen molar-refractivity contribution < 1.29 is 29.2 Å². The van der Waals surface area contributed by atoms with Crippen molar-refractivity contribution in [3.63, 3.8) is 0 Å². The molecule has 6 nitrogen and oxygen atoms in total. The molecule has 0 aromatic rings. The molecule has 2 aliphatic heterocycles. The van der Waals surface area contributed by atoms with E-state index in [2.05, 4.69) is 6.92 Å². The summed E-state index contributed by atoms with van der Waals surface area (Å²) in [6, 6.07) is 0. The fraction of sp³-hybridized carbons (Fsp3) is 0.909. The van der Waals surface area contributed by atoms with Gasteiger partial charge < -0.3 is 29.2 Å². The normalized spacial score (nSPS) is 48.8. The molecule has 0 aromatic carbocycles. The first-order valence-corrected chi connectivity index (χ1v) is 11.1. The van der Waals surface area contributed by atoms with Crippen LogP contribution < -0.4 is 0 Å². The van der Waals surface area contributed by atoms with Crippen LogP contribution in [0.5, 0.6) is 0 Å². The summed E-state index contributed by atoms with van der Waals surface area (Å²) in [6.45, 7) is 4.73. The Kier molecular flexibility index (Phi) is 3.79. The maximum Gasteiger partial charge on any atom is 0.174 e. The lowest BCUT2D eigenvalue weighted by Gasteiger charge is -2.60. The van der Waals surface area contributed by atoms with Crippen molar-refractivity contribution in [2.75, 3.05) is 26.4 Å². The first-order valence-electron chi connectivity index (χ1n) is 11.1. The van der Waals surface area contributed by atoms with Gasteiger partial charge in [-0.25, -0.2) is 0 Å². The van der Waals surface area contributed by atoms with Crippen LogP contribution >= 0.6 is 0 Å². The molecule has 28 heavy (non-hydrogen) atoms. The van der Waals surface area contributed by atoms with Gasteiger partial charge in [0.25, 0.3) is 0 Å². The number of fused-ring (bicyclic) bond motifs is 5. The van der Waals surface area contributed by atoms with Gasteiger partial charge in [0.2, 0.25) is 0 Å². The number of ether oxygens (including phenoxy) is 4. The molecular formula is C22H32O6. The summed E-state index contributed by atoms with van der Waals surface area (Å²) in [6.07, 6.45) is 5.79. The topological polar surface area (TPSA) is 77.4 Å². The highest BCUT2D eigenvalue weighted by atomic mass is 16.7. The quantitative estimate of drug-likeness (QED) is 0.616. The molecule has 2 saturated carbocycles. The minimum Gasteiger partial charge on any atom is -0.392 e. The van der Waals surface area contributed by atoms with Crippen LogP contribution in [0.2, 0.25) is 0 Å². The number of rotatable bonds is 0. The van der Waals surface area contributed by atoms with E-state index in [-0.39, 0.29) is 17.3 Å². The Bertz CT molecular complexity index is 706. The van der Waals surface area contributed by atoms with Gasteiger partial charge in [-0.3, -0.25) is 0 Å². The molecule has 0 aromatic heterocycles. The monoisotopic (exact) mass is 392 g/mol. The third kappa shape index (κ3) is 2.14. The van der Waals surface area contributed by atoms with Crippen LogP contribution in [0.15, 0.2) is 11.1 Å². The molecule has 2 unspecified atom stereocenters. The van der Waals surface area contributed by atoms with Gasteiger partial charge in [0, 0.05) is 30.6 Å². The van der Waals surface area contributed by atoms with Crippen LogP contribution in [-0.4, -0.2) is 59.9 Å². The molecule has 4 fully saturated rings. The van der Waals surface area contributed by atoms with Gasteiger partial charge >= 0.3 is 0 Å². The molecule has 4 aliphatic carbocycles. The number of aliphatic hydroxyl groups is 2. The van der Waals surface area contributed by atoms with E-state index >= 15 is 0 Å². The Morgan fingerprint density at radius 2 is 1.64 bits per heavy atom. The third-order valence-electron chi connectivity index (χ3n) is 9.04. The van der Waals surface area contributed by atoms with Gasteiger partial charge in [0.05, 0.1) is 38.1 Å². The van der Waals surface area contributed by atoms with Crippen LogP contribution in [0, 0.1) is 17.3 Å². The SMILES string of the molecule is CC12C[C@@H](O)[C@@H]3C4=C(CC[C@]3(O)C1CCC21OCCO1)CC1(CC4)OCCO1. The molecule has 2 heterocycles. The molecule has 0 bridgehead atoms. The van der Waals surface area contributed by atoms with Crippen LogP contribution in [0.1, 0.15) is 58.3 Å². The Balaban J connectivity index is 1.37. The smallest absolute Gasteiger partial charge is 0.174 e. The largest absolute Gasteiger partial charge is 0.392 e. The Hall–Kier alpha value is -0.500. The molecule has 2 spiro atoms. The van der Waals surface area contributed by atoms with Crippen molar-refractivity contribution in [2.24, 2.45) is 17.3 Å². The van der Waals surface area contributed by atoms with Gasteiger partial charge in [-0.15, -0.1) is 0 Å². The fourth-order valence-corrected chi connectivity index (χ4v) is 7.95. The molecule has 156 valence electrons. The van der Waals surface area contributed by atoms with Crippen molar-refractivity contribution in [1.82, 2.24) is 0 Å². The van der Waals surface area contributed by atoms with E-state index < -0.39 is 23.3 Å². The highest BCUT2D eigenvalue weighted by Gasteiger charge is 2.71. The number of hydrogen-bond donors (Lipinski definition) is 2. The second kappa shape index (κ2) is 5.80. The summed E-state index contributed by atoms with van der Waals surface area (Å²) in [4.78, 5) is 0. The predicted octanol–water partition coefficient (Wildman–Crippen LogP) is 2.28. The molecule has 6 aliphatic rings. The average Bonchev–Trinajstić information content (AvgIpc) is 3.38. The zero-order valence-corrected chi connectivity index (χ0v) is 16.7. The van der Waals surface area contributed by atoms with Crippen molar-refractivity contribution in [3.8, 4) is 0 Å². The minimum absolute atomic E-state index is 0.0930. The molecule has 2 N–H and O–H groups in total. The average molecular weight is 392 g/mol. The molecule has 2 saturated heterocycles. The maximum atomic E-state index is 12.1. The zero-order chi connectivity index (χ0) is 19.2. The van der Waals surface area contributed by atoms with E-state index in [0.717, 1.165) is 38.5 Å². The zero-order valence-electron chi connectivity index (χ0n) is 16.7. The molecule has 6 rings (SSSR count). The highest BCUT2D eigenvalue weighted by Crippen LogP contribution is 2.67. The van der Waals surface area contributed by atoms with E-state index in [4.69, 9.17) is 18.9 Å². The highest BCUT2D eigenvalue weighted by molar-refractivity contribution is 5.34. The molecule has 5 atom stereocenters. The summed E-state index contributed by atoms with van der Waals surface area (Å²) in [5.74, 6) is -1.17. The van der Waals surface area contributed by atoms with E-state index in [9.17, 15) is 10.2 Å². The Labute approximate surface area is 166 Å². The van der Waals surface area contributed by atoms with Crippen molar-refractivity contribution >= 4 is 0 Å².